The maximum atomic E-state index is 12.8. The molecule has 2 saturated carbocycles. The van der Waals surface area contributed by atoms with Crippen molar-refractivity contribution in [2.24, 2.45) is 22.7 Å². The Morgan fingerprint density at radius 3 is 2.68 bits per heavy atom. The number of nitrogen functional groups attached to an aromatic ring is 1. The van der Waals surface area contributed by atoms with E-state index in [0.717, 1.165) is 24.8 Å². The lowest BCUT2D eigenvalue weighted by atomic mass is 9.46. The van der Waals surface area contributed by atoms with Crippen molar-refractivity contribution in [3.63, 3.8) is 0 Å². The van der Waals surface area contributed by atoms with Gasteiger partial charge >= 0.3 is 11.9 Å². The number of carbonyl (C=O) groups is 2. The van der Waals surface area contributed by atoms with Gasteiger partial charge in [-0.15, -0.1) is 0 Å². The highest BCUT2D eigenvalue weighted by molar-refractivity contribution is 6.18. The van der Waals surface area contributed by atoms with E-state index in [0.29, 0.717) is 12.0 Å². The molecule has 2 unspecified atom stereocenters. The molecule has 0 saturated heterocycles. The smallest absolute Gasteiger partial charge is 0.343 e. The highest BCUT2D eigenvalue weighted by Crippen LogP contribution is 2.61. The first kappa shape index (κ1) is 26.8. The predicted octanol–water partition coefficient (Wildman–Crippen LogP) is 3.11. The Hall–Kier alpha value is -3.30. The molecule has 2 aliphatic carbocycles. The molecule has 37 heavy (non-hydrogen) atoms. The van der Waals surface area contributed by atoms with Crippen molar-refractivity contribution >= 4 is 23.5 Å². The summed E-state index contributed by atoms with van der Waals surface area (Å²) in [6, 6.07) is 0. The summed E-state index contributed by atoms with van der Waals surface area (Å²) >= 11 is 0. The Labute approximate surface area is 216 Å². The maximum Gasteiger partial charge on any atom is 0.343 e. The second-order valence-electron chi connectivity index (χ2n) is 10.6. The summed E-state index contributed by atoms with van der Waals surface area (Å²) in [5.74, 6) is -1.12. The van der Waals surface area contributed by atoms with Crippen LogP contribution in [0.1, 0.15) is 52.0 Å². The Morgan fingerprint density at radius 2 is 2.03 bits per heavy atom. The van der Waals surface area contributed by atoms with Gasteiger partial charge in [0.25, 0.3) is 0 Å². The molecule has 4 rings (SSSR count). The molecule has 2 heterocycles. The van der Waals surface area contributed by atoms with E-state index in [1.54, 1.807) is 13.0 Å². The van der Waals surface area contributed by atoms with Gasteiger partial charge in [0, 0.05) is 29.3 Å². The molecule has 4 N–H and O–H groups in total. The van der Waals surface area contributed by atoms with E-state index in [-0.39, 0.29) is 53.3 Å². The van der Waals surface area contributed by atoms with E-state index in [2.05, 4.69) is 23.5 Å². The van der Waals surface area contributed by atoms with Crippen LogP contribution in [0.15, 0.2) is 54.1 Å². The molecule has 1 aromatic heterocycles. The molecule has 2 fully saturated rings. The molecule has 198 valence electrons. The van der Waals surface area contributed by atoms with Crippen LogP contribution in [0.2, 0.25) is 0 Å². The number of cyclic esters (lactones) is 1. The number of anilines is 1. The summed E-state index contributed by atoms with van der Waals surface area (Å²) in [4.78, 5) is 33.4. The summed E-state index contributed by atoms with van der Waals surface area (Å²) in [6.07, 6.45) is 10.4. The van der Waals surface area contributed by atoms with Gasteiger partial charge in [-0.2, -0.15) is 0 Å². The molecule has 9 heteroatoms. The zero-order valence-electron chi connectivity index (χ0n) is 21.6. The van der Waals surface area contributed by atoms with Gasteiger partial charge in [-0.1, -0.05) is 38.2 Å². The number of nitrogens with two attached hydrogens (primary N) is 1. The average Bonchev–Trinajstić information content (AvgIpc) is 3.22. The molecule has 0 spiro atoms. The number of aliphatic hydroxyl groups excluding tert-OH is 2. The quantitative estimate of drug-likeness (QED) is 0.299. The molecule has 3 aliphatic rings. The van der Waals surface area contributed by atoms with E-state index < -0.39 is 23.5 Å². The second kappa shape index (κ2) is 10.2. The standard InChI is InChI=1S/C28H35N3O6/c1-5-36-25(35)23(18-13-30-26(29)31-14-18)20-12-17(24(34)37-20)7-8-19-16(2)6-9-21-27(19,3)11-10-22(33)28(21,4)15-32/h7-8,12-14,19,21-22,32-33H,2,5-6,9-11,15H2,1,3-4H3,(H2,29,30,31)/t19?,21?,22-,27-,28+/m1/s1. The number of hydrogen-bond donors (Lipinski definition) is 3. The van der Waals surface area contributed by atoms with Crippen LogP contribution in [-0.4, -0.2) is 51.4 Å². The number of allylic oxidation sites excluding steroid dienone is 3. The minimum Gasteiger partial charge on any atom is -0.462 e. The third-order valence-electron chi connectivity index (χ3n) is 8.43. The first-order valence-electron chi connectivity index (χ1n) is 12.6. The van der Waals surface area contributed by atoms with Crippen LogP contribution in [0.4, 0.5) is 5.95 Å². The van der Waals surface area contributed by atoms with Gasteiger partial charge in [0.2, 0.25) is 5.95 Å². The van der Waals surface area contributed by atoms with Crippen LogP contribution in [0.3, 0.4) is 0 Å². The minimum atomic E-state index is -0.666. The first-order chi connectivity index (χ1) is 17.5. The Morgan fingerprint density at radius 1 is 1.32 bits per heavy atom. The average molecular weight is 510 g/mol. The number of ether oxygens (including phenoxy) is 2. The molecule has 0 radical (unpaired) electrons. The van der Waals surface area contributed by atoms with E-state index >= 15 is 0 Å². The molecule has 0 amide bonds. The molecular formula is C28H35N3O6. The monoisotopic (exact) mass is 509 g/mol. The molecule has 0 bridgehead atoms. The molecule has 1 aliphatic heterocycles. The van der Waals surface area contributed by atoms with E-state index in [1.807, 2.05) is 13.0 Å². The molecule has 9 nitrogen and oxygen atoms in total. The normalized spacial score (nSPS) is 33.1. The molecule has 5 atom stereocenters. The van der Waals surface area contributed by atoms with Crippen molar-refractivity contribution in [3.8, 4) is 0 Å². The van der Waals surface area contributed by atoms with Crippen molar-refractivity contribution in [1.29, 1.82) is 0 Å². The summed E-state index contributed by atoms with van der Waals surface area (Å²) in [7, 11) is 0. The fourth-order valence-electron chi connectivity index (χ4n) is 6.35. The van der Waals surface area contributed by atoms with Gasteiger partial charge in [0.05, 0.1) is 24.9 Å². The van der Waals surface area contributed by atoms with Crippen molar-refractivity contribution in [1.82, 2.24) is 9.97 Å². The second-order valence-corrected chi connectivity index (χ2v) is 10.6. The Bertz CT molecular complexity index is 1190. The van der Waals surface area contributed by atoms with E-state index in [9.17, 15) is 19.8 Å². The largest absolute Gasteiger partial charge is 0.462 e. The number of esters is 2. The number of rotatable bonds is 6. The van der Waals surface area contributed by atoms with Crippen molar-refractivity contribution in [2.45, 2.75) is 52.6 Å². The molecule has 0 aromatic carbocycles. The van der Waals surface area contributed by atoms with Crippen LogP contribution < -0.4 is 5.73 Å². The topological polar surface area (TPSA) is 145 Å². The summed E-state index contributed by atoms with van der Waals surface area (Å²) in [5.41, 5.74) is 6.43. The van der Waals surface area contributed by atoms with Gasteiger partial charge in [0.15, 0.2) is 0 Å². The number of hydrogen-bond acceptors (Lipinski definition) is 9. The molecule has 1 aromatic rings. The van der Waals surface area contributed by atoms with E-state index in [1.165, 1.54) is 18.5 Å². The fourth-order valence-corrected chi connectivity index (χ4v) is 6.35. The number of aromatic nitrogens is 2. The number of aliphatic hydroxyl groups is 2. The molecular weight excluding hydrogens is 474 g/mol. The number of fused-ring (bicyclic) bond motifs is 1. The lowest BCUT2D eigenvalue weighted by Crippen LogP contribution is -2.57. The van der Waals surface area contributed by atoms with Crippen molar-refractivity contribution < 1.29 is 29.3 Å². The summed E-state index contributed by atoms with van der Waals surface area (Å²) < 4.78 is 10.6. The Kier molecular flexibility index (Phi) is 7.39. The zero-order valence-corrected chi connectivity index (χ0v) is 21.6. The van der Waals surface area contributed by atoms with Gasteiger partial charge in [-0.3, -0.25) is 0 Å². The van der Waals surface area contributed by atoms with Crippen LogP contribution >= 0.6 is 0 Å². The number of nitrogens with zero attached hydrogens (tertiary/aromatic N) is 2. The summed E-state index contributed by atoms with van der Waals surface area (Å²) in [5, 5.41) is 20.9. The lowest BCUT2D eigenvalue weighted by Gasteiger charge is -2.59. The first-order valence-corrected chi connectivity index (χ1v) is 12.6. The predicted molar refractivity (Wildman–Crippen MR) is 137 cm³/mol. The third-order valence-corrected chi connectivity index (χ3v) is 8.43. The van der Waals surface area contributed by atoms with Gasteiger partial charge in [0.1, 0.15) is 11.3 Å². The zero-order chi connectivity index (χ0) is 27.0. The van der Waals surface area contributed by atoms with Crippen LogP contribution in [-0.2, 0) is 19.1 Å². The van der Waals surface area contributed by atoms with Gasteiger partial charge in [-0.25, -0.2) is 19.6 Å². The van der Waals surface area contributed by atoms with Crippen LogP contribution in [0.5, 0.6) is 0 Å². The Balaban J connectivity index is 1.69. The summed E-state index contributed by atoms with van der Waals surface area (Å²) in [6.45, 7) is 10.2. The van der Waals surface area contributed by atoms with Gasteiger partial charge in [-0.05, 0) is 50.0 Å². The van der Waals surface area contributed by atoms with Gasteiger partial charge < -0.3 is 25.4 Å². The number of carbonyl (C=O) groups excluding carboxylic acids is 2. The van der Waals surface area contributed by atoms with Crippen LogP contribution in [0.25, 0.3) is 5.57 Å². The lowest BCUT2D eigenvalue weighted by molar-refractivity contribution is -0.145. The highest BCUT2D eigenvalue weighted by atomic mass is 16.6. The SMILES string of the molecule is C=C1CCC2[C@](C)(CC[C@@H](O)[C@@]2(C)CO)C1C=CC1=CC(=C(C(=O)OCC)c2cnc(N)nc2)OC1=O. The minimum absolute atomic E-state index is 0.0349. The highest BCUT2D eigenvalue weighted by Gasteiger charge is 2.57. The van der Waals surface area contributed by atoms with Crippen molar-refractivity contribution in [3.05, 3.63) is 59.7 Å². The maximum absolute atomic E-state index is 12.8. The third kappa shape index (κ3) is 4.73. The van der Waals surface area contributed by atoms with E-state index in [4.69, 9.17) is 15.2 Å². The van der Waals surface area contributed by atoms with Crippen LogP contribution in [0, 0.1) is 22.7 Å². The van der Waals surface area contributed by atoms with Crippen molar-refractivity contribution in [2.75, 3.05) is 18.9 Å². The fraction of sp³-hybridized carbons (Fsp3) is 0.500.